The molecule has 0 aliphatic rings. The summed E-state index contributed by atoms with van der Waals surface area (Å²) in [4.78, 5) is 4.30. The second-order valence-corrected chi connectivity index (χ2v) is 4.41. The van der Waals surface area contributed by atoms with E-state index in [9.17, 15) is 0 Å². The van der Waals surface area contributed by atoms with Crippen molar-refractivity contribution in [1.29, 1.82) is 0 Å². The van der Waals surface area contributed by atoms with Gasteiger partial charge in [0.05, 0.1) is 26.2 Å². The Morgan fingerprint density at radius 3 is 2.18 bits per heavy atom. The first-order valence-electron chi connectivity index (χ1n) is 5.05. The Bertz CT molecular complexity index is 512. The molecule has 0 N–H and O–H groups in total. The number of hydrogen-bond acceptors (Lipinski definition) is 3. The minimum Gasteiger partial charge on any atom is -0.495 e. The van der Waals surface area contributed by atoms with Gasteiger partial charge in [-0.05, 0) is 28.1 Å². The van der Waals surface area contributed by atoms with E-state index >= 15 is 0 Å². The van der Waals surface area contributed by atoms with Crippen molar-refractivity contribution >= 4 is 15.9 Å². The first kappa shape index (κ1) is 12.0. The maximum Gasteiger partial charge on any atom is 0.137 e. The maximum absolute atomic E-state index is 5.29. The summed E-state index contributed by atoms with van der Waals surface area (Å²) >= 11 is 3.44. The maximum atomic E-state index is 5.29. The molecular formula is C12H13BrN2O2. The van der Waals surface area contributed by atoms with E-state index in [-0.39, 0.29) is 0 Å². The third-order valence-corrected chi connectivity index (χ3v) is 3.23. The number of benzene rings is 1. The van der Waals surface area contributed by atoms with Gasteiger partial charge in [0.25, 0.3) is 0 Å². The lowest BCUT2D eigenvalue weighted by molar-refractivity contribution is 0.390. The molecule has 17 heavy (non-hydrogen) atoms. The summed E-state index contributed by atoms with van der Waals surface area (Å²) in [6.45, 7) is 0. The predicted molar refractivity (Wildman–Crippen MR) is 69.4 cm³/mol. The molecule has 90 valence electrons. The fourth-order valence-corrected chi connectivity index (χ4v) is 2.13. The smallest absolute Gasteiger partial charge is 0.137 e. The molecule has 5 heteroatoms. The number of hydrogen-bond donors (Lipinski definition) is 0. The van der Waals surface area contributed by atoms with Crippen LogP contribution >= 0.6 is 15.9 Å². The number of aromatic nitrogens is 2. The van der Waals surface area contributed by atoms with Gasteiger partial charge in [0.2, 0.25) is 0 Å². The van der Waals surface area contributed by atoms with E-state index in [2.05, 4.69) is 20.9 Å². The Morgan fingerprint density at radius 2 is 1.76 bits per heavy atom. The van der Waals surface area contributed by atoms with Gasteiger partial charge < -0.3 is 14.0 Å². The topological polar surface area (TPSA) is 36.3 Å². The average Bonchev–Trinajstić information content (AvgIpc) is 2.76. The van der Waals surface area contributed by atoms with Gasteiger partial charge in [-0.1, -0.05) is 0 Å². The highest BCUT2D eigenvalue weighted by molar-refractivity contribution is 9.10. The Hall–Kier alpha value is -1.49. The van der Waals surface area contributed by atoms with Crippen LogP contribution in [0.5, 0.6) is 11.5 Å². The van der Waals surface area contributed by atoms with E-state index in [1.807, 2.05) is 29.9 Å². The minimum absolute atomic E-state index is 0.727. The molecule has 0 radical (unpaired) electrons. The van der Waals surface area contributed by atoms with Crippen LogP contribution < -0.4 is 9.47 Å². The third-order valence-electron chi connectivity index (χ3n) is 2.45. The van der Waals surface area contributed by atoms with Gasteiger partial charge in [0, 0.05) is 18.8 Å². The van der Waals surface area contributed by atoms with Gasteiger partial charge in [-0.25, -0.2) is 4.98 Å². The predicted octanol–water partition coefficient (Wildman–Crippen LogP) is 2.87. The van der Waals surface area contributed by atoms with Crippen LogP contribution in [-0.4, -0.2) is 23.8 Å². The Labute approximate surface area is 108 Å². The molecule has 0 aliphatic heterocycles. The first-order valence-corrected chi connectivity index (χ1v) is 5.85. The SMILES string of the molecule is COc1cc(-c2cn(C)cn2)cc(OC)c1Br. The summed E-state index contributed by atoms with van der Waals surface area (Å²) in [7, 11) is 5.19. The molecule has 2 rings (SSSR count). The monoisotopic (exact) mass is 296 g/mol. The molecule has 1 aromatic carbocycles. The van der Waals surface area contributed by atoms with Gasteiger partial charge in [-0.3, -0.25) is 0 Å². The van der Waals surface area contributed by atoms with E-state index < -0.39 is 0 Å². The number of rotatable bonds is 3. The van der Waals surface area contributed by atoms with Crippen LogP contribution in [0.25, 0.3) is 11.3 Å². The fourth-order valence-electron chi connectivity index (χ4n) is 1.58. The second kappa shape index (κ2) is 4.79. The van der Waals surface area contributed by atoms with Crippen LogP contribution in [-0.2, 0) is 7.05 Å². The van der Waals surface area contributed by atoms with Gasteiger partial charge in [0.15, 0.2) is 0 Å². The Morgan fingerprint density at radius 1 is 1.18 bits per heavy atom. The summed E-state index contributed by atoms with van der Waals surface area (Å²) in [5.41, 5.74) is 1.85. The largest absolute Gasteiger partial charge is 0.495 e. The van der Waals surface area contributed by atoms with Crippen molar-refractivity contribution in [1.82, 2.24) is 9.55 Å². The summed E-state index contributed by atoms with van der Waals surface area (Å²) in [6, 6.07) is 3.85. The van der Waals surface area contributed by atoms with Gasteiger partial charge in [0.1, 0.15) is 16.0 Å². The summed E-state index contributed by atoms with van der Waals surface area (Å²) in [5, 5.41) is 0. The highest BCUT2D eigenvalue weighted by Gasteiger charge is 2.12. The van der Waals surface area contributed by atoms with Gasteiger partial charge in [-0.2, -0.15) is 0 Å². The normalized spacial score (nSPS) is 10.4. The fraction of sp³-hybridized carbons (Fsp3) is 0.250. The number of halogens is 1. The van der Waals surface area contributed by atoms with Crippen molar-refractivity contribution in [3.63, 3.8) is 0 Å². The van der Waals surface area contributed by atoms with Crippen molar-refractivity contribution in [2.45, 2.75) is 0 Å². The minimum atomic E-state index is 0.727. The molecule has 0 fully saturated rings. The molecule has 0 atom stereocenters. The van der Waals surface area contributed by atoms with E-state index in [0.717, 1.165) is 27.2 Å². The molecule has 0 spiro atoms. The molecule has 0 saturated carbocycles. The lowest BCUT2D eigenvalue weighted by atomic mass is 10.1. The molecule has 0 aliphatic carbocycles. The van der Waals surface area contributed by atoms with Crippen LogP contribution in [0.2, 0.25) is 0 Å². The zero-order valence-electron chi connectivity index (χ0n) is 9.90. The van der Waals surface area contributed by atoms with E-state index in [1.165, 1.54) is 0 Å². The number of methoxy groups -OCH3 is 2. The van der Waals surface area contributed by atoms with Crippen molar-refractivity contribution in [3.8, 4) is 22.8 Å². The standard InChI is InChI=1S/C12H13BrN2O2/c1-15-6-9(14-7-15)8-4-10(16-2)12(13)11(5-8)17-3/h4-7H,1-3H3. The van der Waals surface area contributed by atoms with Crippen molar-refractivity contribution < 1.29 is 9.47 Å². The van der Waals surface area contributed by atoms with Crippen LogP contribution in [0.1, 0.15) is 0 Å². The zero-order valence-corrected chi connectivity index (χ0v) is 11.5. The van der Waals surface area contributed by atoms with Crippen LogP contribution in [0.4, 0.5) is 0 Å². The molecule has 1 aromatic heterocycles. The van der Waals surface area contributed by atoms with E-state index in [4.69, 9.17) is 9.47 Å². The third kappa shape index (κ3) is 2.29. The average molecular weight is 297 g/mol. The molecule has 1 heterocycles. The molecule has 0 amide bonds. The lowest BCUT2D eigenvalue weighted by Crippen LogP contribution is -1.91. The Kier molecular flexibility index (Phi) is 3.38. The highest BCUT2D eigenvalue weighted by Crippen LogP contribution is 2.38. The van der Waals surface area contributed by atoms with E-state index in [1.54, 1.807) is 20.5 Å². The number of nitrogens with zero attached hydrogens (tertiary/aromatic N) is 2. The molecule has 2 aromatic rings. The van der Waals surface area contributed by atoms with Crippen LogP contribution in [0, 0.1) is 0 Å². The molecule has 4 nitrogen and oxygen atoms in total. The van der Waals surface area contributed by atoms with Crippen LogP contribution in [0.15, 0.2) is 29.1 Å². The van der Waals surface area contributed by atoms with Crippen molar-refractivity contribution in [2.24, 2.45) is 7.05 Å². The summed E-state index contributed by atoms with van der Waals surface area (Å²) in [6.07, 6.45) is 3.71. The number of aryl methyl sites for hydroxylation is 1. The summed E-state index contributed by atoms with van der Waals surface area (Å²) in [5.74, 6) is 1.45. The molecule has 0 unspecified atom stereocenters. The molecule has 0 bridgehead atoms. The van der Waals surface area contributed by atoms with Crippen LogP contribution in [0.3, 0.4) is 0 Å². The second-order valence-electron chi connectivity index (χ2n) is 3.62. The number of ether oxygens (including phenoxy) is 2. The highest BCUT2D eigenvalue weighted by atomic mass is 79.9. The lowest BCUT2D eigenvalue weighted by Gasteiger charge is -2.10. The van der Waals surface area contributed by atoms with Crippen molar-refractivity contribution in [3.05, 3.63) is 29.1 Å². The zero-order chi connectivity index (χ0) is 12.4. The Balaban J connectivity index is 2.55. The number of imidazole rings is 1. The summed E-state index contributed by atoms with van der Waals surface area (Å²) < 4.78 is 13.3. The van der Waals surface area contributed by atoms with Gasteiger partial charge >= 0.3 is 0 Å². The van der Waals surface area contributed by atoms with Crippen molar-refractivity contribution in [2.75, 3.05) is 14.2 Å². The molecular weight excluding hydrogens is 284 g/mol. The molecule has 0 saturated heterocycles. The van der Waals surface area contributed by atoms with Gasteiger partial charge in [-0.15, -0.1) is 0 Å². The first-order chi connectivity index (χ1) is 8.15. The van der Waals surface area contributed by atoms with E-state index in [0.29, 0.717) is 0 Å². The quantitative estimate of drug-likeness (QED) is 0.874.